The Hall–Kier alpha value is -1.81. The van der Waals surface area contributed by atoms with Crippen LogP contribution in [0.15, 0.2) is 18.2 Å². The van der Waals surface area contributed by atoms with Crippen molar-refractivity contribution < 1.29 is 9.53 Å². The van der Waals surface area contributed by atoms with E-state index in [4.69, 9.17) is 4.74 Å². The van der Waals surface area contributed by atoms with E-state index in [1.807, 2.05) is 0 Å². The molecule has 0 fully saturated rings. The number of fused-ring (bicyclic) bond motifs is 3. The van der Waals surface area contributed by atoms with Gasteiger partial charge in [-0.2, -0.15) is 0 Å². The summed E-state index contributed by atoms with van der Waals surface area (Å²) in [5.74, 6) is -0.132. The van der Waals surface area contributed by atoms with Crippen LogP contribution in [0.1, 0.15) is 35.7 Å². The zero-order chi connectivity index (χ0) is 15.3. The molecule has 2 aromatic rings. The Morgan fingerprint density at radius 2 is 2.23 bits per heavy atom. The second-order valence-corrected chi connectivity index (χ2v) is 6.49. The number of aryl methyl sites for hydroxylation is 2. The van der Waals surface area contributed by atoms with Crippen LogP contribution in [-0.4, -0.2) is 35.6 Å². The van der Waals surface area contributed by atoms with Gasteiger partial charge in [0.05, 0.1) is 19.7 Å². The smallest absolute Gasteiger partial charge is 0.319 e. The molecule has 0 spiro atoms. The Morgan fingerprint density at radius 3 is 3.05 bits per heavy atom. The normalized spacial score (nSPS) is 20.9. The maximum atomic E-state index is 11.7. The summed E-state index contributed by atoms with van der Waals surface area (Å²) in [4.78, 5) is 14.0. The van der Waals surface area contributed by atoms with Crippen LogP contribution in [0, 0.1) is 6.92 Å². The van der Waals surface area contributed by atoms with Crippen molar-refractivity contribution in [2.75, 3.05) is 20.2 Å². The van der Waals surface area contributed by atoms with Gasteiger partial charge in [-0.1, -0.05) is 11.6 Å². The Morgan fingerprint density at radius 1 is 1.36 bits per heavy atom. The summed E-state index contributed by atoms with van der Waals surface area (Å²) in [6, 6.07) is 7.15. The number of aromatic nitrogens is 1. The summed E-state index contributed by atoms with van der Waals surface area (Å²) in [5, 5.41) is 1.42. The van der Waals surface area contributed by atoms with Gasteiger partial charge in [0.25, 0.3) is 0 Å². The van der Waals surface area contributed by atoms with E-state index in [2.05, 4.69) is 34.6 Å². The zero-order valence-electron chi connectivity index (χ0n) is 13.3. The number of methoxy groups -OCH3 is 1. The zero-order valence-corrected chi connectivity index (χ0v) is 13.3. The molecule has 0 saturated carbocycles. The predicted octanol–water partition coefficient (Wildman–Crippen LogP) is 2.82. The first kappa shape index (κ1) is 13.8. The summed E-state index contributed by atoms with van der Waals surface area (Å²) < 4.78 is 7.36. The second kappa shape index (κ2) is 5.13. The molecule has 116 valence electrons. The molecule has 2 aliphatic rings. The fraction of sp³-hybridized carbons (Fsp3) is 0.500. The fourth-order valence-corrected chi connectivity index (χ4v) is 4.21. The Bertz CT molecular complexity index is 747. The van der Waals surface area contributed by atoms with Crippen molar-refractivity contribution in [1.82, 2.24) is 9.47 Å². The summed E-state index contributed by atoms with van der Waals surface area (Å²) in [6.07, 6.45) is 3.49. The van der Waals surface area contributed by atoms with Crippen LogP contribution in [0.2, 0.25) is 0 Å². The van der Waals surface area contributed by atoms with Gasteiger partial charge in [0.1, 0.15) is 0 Å². The lowest BCUT2D eigenvalue weighted by molar-refractivity contribution is -0.143. The molecule has 0 N–H and O–H groups in total. The number of nitrogens with zero attached hydrogens (tertiary/aromatic N) is 2. The third-order valence-corrected chi connectivity index (χ3v) is 5.20. The van der Waals surface area contributed by atoms with Gasteiger partial charge in [-0.3, -0.25) is 9.69 Å². The molecule has 1 aromatic carbocycles. The lowest BCUT2D eigenvalue weighted by Crippen LogP contribution is -2.42. The van der Waals surface area contributed by atoms with Crippen molar-refractivity contribution >= 4 is 16.9 Å². The molecule has 4 heteroatoms. The SMILES string of the molecule is COC(=O)CN1CCn2c3c(c4cc(C)ccc42)CCC[C@H]31. The standard InChI is InChI=1S/C18H22N2O2/c1-12-6-7-15-14(10-12)13-4-3-5-16-18(13)20(15)9-8-19(16)11-17(21)22-2/h6-7,10,16H,3-5,8-9,11H2,1-2H3/t16-/m1/s1. The Kier molecular flexibility index (Phi) is 3.22. The van der Waals surface area contributed by atoms with Crippen LogP contribution in [0.25, 0.3) is 10.9 Å². The summed E-state index contributed by atoms with van der Waals surface area (Å²) >= 11 is 0. The Balaban J connectivity index is 1.83. The van der Waals surface area contributed by atoms with Crippen LogP contribution in [0.5, 0.6) is 0 Å². The molecule has 4 nitrogen and oxygen atoms in total. The van der Waals surface area contributed by atoms with E-state index >= 15 is 0 Å². The lowest BCUT2D eigenvalue weighted by atomic mass is 9.89. The van der Waals surface area contributed by atoms with Gasteiger partial charge in [0.2, 0.25) is 0 Å². The average molecular weight is 298 g/mol. The fourth-order valence-electron chi connectivity index (χ4n) is 4.21. The number of carbonyl (C=O) groups excluding carboxylic acids is 1. The summed E-state index contributed by atoms with van der Waals surface area (Å²) in [6.45, 7) is 4.44. The molecule has 0 bridgehead atoms. The Labute approximate surface area is 130 Å². The van der Waals surface area contributed by atoms with Gasteiger partial charge in [-0.15, -0.1) is 0 Å². The van der Waals surface area contributed by atoms with Gasteiger partial charge in [0.15, 0.2) is 0 Å². The van der Waals surface area contributed by atoms with E-state index in [9.17, 15) is 4.79 Å². The quantitative estimate of drug-likeness (QED) is 0.800. The number of rotatable bonds is 2. The van der Waals surface area contributed by atoms with E-state index in [0.29, 0.717) is 12.6 Å². The van der Waals surface area contributed by atoms with E-state index in [1.54, 1.807) is 0 Å². The van der Waals surface area contributed by atoms with Crippen molar-refractivity contribution in [2.45, 2.75) is 38.8 Å². The van der Waals surface area contributed by atoms with Crippen molar-refractivity contribution in [3.05, 3.63) is 35.0 Å². The predicted molar refractivity (Wildman–Crippen MR) is 85.9 cm³/mol. The monoisotopic (exact) mass is 298 g/mol. The van der Waals surface area contributed by atoms with Crippen LogP contribution in [0.3, 0.4) is 0 Å². The second-order valence-electron chi connectivity index (χ2n) is 6.49. The number of hydrogen-bond acceptors (Lipinski definition) is 3. The van der Waals surface area contributed by atoms with Gasteiger partial charge >= 0.3 is 5.97 Å². The molecule has 1 aliphatic heterocycles. The molecular formula is C18H22N2O2. The first-order chi connectivity index (χ1) is 10.7. The van der Waals surface area contributed by atoms with E-state index in [-0.39, 0.29) is 5.97 Å². The molecule has 0 amide bonds. The van der Waals surface area contributed by atoms with Gasteiger partial charge in [0, 0.05) is 29.7 Å². The number of benzene rings is 1. The molecule has 0 radical (unpaired) electrons. The third kappa shape index (κ3) is 1.97. The minimum absolute atomic E-state index is 0.132. The highest BCUT2D eigenvalue weighted by molar-refractivity contribution is 5.87. The minimum Gasteiger partial charge on any atom is -0.468 e. The van der Waals surface area contributed by atoms with E-state index in [1.165, 1.54) is 41.3 Å². The highest BCUT2D eigenvalue weighted by Gasteiger charge is 2.35. The molecule has 1 aliphatic carbocycles. The van der Waals surface area contributed by atoms with Gasteiger partial charge < -0.3 is 9.30 Å². The number of ether oxygens (including phenoxy) is 1. The summed E-state index contributed by atoms with van der Waals surface area (Å²) in [5.41, 5.74) is 5.63. The van der Waals surface area contributed by atoms with Crippen LogP contribution in [0.4, 0.5) is 0 Å². The average Bonchev–Trinajstić information content (AvgIpc) is 2.85. The topological polar surface area (TPSA) is 34.5 Å². The highest BCUT2D eigenvalue weighted by Crippen LogP contribution is 2.42. The van der Waals surface area contributed by atoms with Crippen LogP contribution in [-0.2, 0) is 22.5 Å². The molecular weight excluding hydrogens is 276 g/mol. The first-order valence-corrected chi connectivity index (χ1v) is 8.11. The van der Waals surface area contributed by atoms with E-state index < -0.39 is 0 Å². The van der Waals surface area contributed by atoms with E-state index in [0.717, 1.165) is 25.9 Å². The third-order valence-electron chi connectivity index (χ3n) is 5.20. The van der Waals surface area contributed by atoms with Crippen molar-refractivity contribution in [2.24, 2.45) is 0 Å². The summed E-state index contributed by atoms with van der Waals surface area (Å²) in [7, 11) is 1.47. The van der Waals surface area contributed by atoms with Crippen LogP contribution < -0.4 is 0 Å². The number of hydrogen-bond donors (Lipinski definition) is 0. The molecule has 0 unspecified atom stereocenters. The molecule has 2 heterocycles. The minimum atomic E-state index is -0.132. The largest absolute Gasteiger partial charge is 0.468 e. The lowest BCUT2D eigenvalue weighted by Gasteiger charge is -2.39. The highest BCUT2D eigenvalue weighted by atomic mass is 16.5. The molecule has 0 saturated heterocycles. The van der Waals surface area contributed by atoms with Gasteiger partial charge in [-0.25, -0.2) is 0 Å². The number of esters is 1. The molecule has 1 aromatic heterocycles. The maximum Gasteiger partial charge on any atom is 0.319 e. The molecule has 1 atom stereocenters. The first-order valence-electron chi connectivity index (χ1n) is 8.11. The maximum absolute atomic E-state index is 11.7. The molecule has 4 rings (SSSR count). The van der Waals surface area contributed by atoms with Crippen molar-refractivity contribution in [3.63, 3.8) is 0 Å². The van der Waals surface area contributed by atoms with Crippen molar-refractivity contribution in [3.8, 4) is 0 Å². The number of carbonyl (C=O) groups is 1. The van der Waals surface area contributed by atoms with Crippen molar-refractivity contribution in [1.29, 1.82) is 0 Å². The molecule has 22 heavy (non-hydrogen) atoms. The van der Waals surface area contributed by atoms with Gasteiger partial charge in [-0.05, 0) is 43.9 Å². The van der Waals surface area contributed by atoms with Crippen LogP contribution >= 0.6 is 0 Å².